The van der Waals surface area contributed by atoms with Crippen LogP contribution in [-0.2, 0) is 12.0 Å². The van der Waals surface area contributed by atoms with Gasteiger partial charge in [-0.15, -0.1) is 0 Å². The number of unbranched alkanes of at least 4 members (excludes halogenated alkanes) is 2. The first-order valence-corrected chi connectivity index (χ1v) is 9.28. The zero-order valence-electron chi connectivity index (χ0n) is 14.1. The summed E-state index contributed by atoms with van der Waals surface area (Å²) in [6, 6.07) is 5.95. The zero-order valence-corrected chi connectivity index (χ0v) is 15.6. The van der Waals surface area contributed by atoms with Gasteiger partial charge in [-0.1, -0.05) is 68.8 Å². The predicted octanol–water partition coefficient (Wildman–Crippen LogP) is 6.51. The van der Waals surface area contributed by atoms with E-state index in [1.165, 1.54) is 31.2 Å². The quantitative estimate of drug-likeness (QED) is 0.502. The molecule has 0 saturated carbocycles. The molecule has 0 unspecified atom stereocenters. The highest BCUT2D eigenvalue weighted by molar-refractivity contribution is 6.35. The number of hydrogen-bond acceptors (Lipinski definition) is 1. The summed E-state index contributed by atoms with van der Waals surface area (Å²) < 4.78 is 2.18. The van der Waals surface area contributed by atoms with E-state index in [2.05, 4.69) is 29.5 Å². The van der Waals surface area contributed by atoms with Crippen molar-refractivity contribution in [3.63, 3.8) is 0 Å². The van der Waals surface area contributed by atoms with Crippen LogP contribution in [0.4, 0.5) is 0 Å². The molecule has 0 aliphatic carbocycles. The maximum absolute atomic E-state index is 6.60. The average Bonchev–Trinajstić information content (AvgIpc) is 3.03. The fourth-order valence-electron chi connectivity index (χ4n) is 3.32. The van der Waals surface area contributed by atoms with Crippen molar-refractivity contribution in [3.05, 3.63) is 52.5 Å². The fourth-order valence-corrected chi connectivity index (χ4v) is 3.93. The Kier molecular flexibility index (Phi) is 6.98. The van der Waals surface area contributed by atoms with Gasteiger partial charge in [0.2, 0.25) is 0 Å². The van der Waals surface area contributed by atoms with Crippen molar-refractivity contribution < 1.29 is 0 Å². The first-order chi connectivity index (χ1) is 11.1. The minimum atomic E-state index is 0.0361. The van der Waals surface area contributed by atoms with Gasteiger partial charge in [0.25, 0.3) is 0 Å². The molecule has 2 aromatic rings. The molecule has 4 heteroatoms. The number of benzene rings is 1. The number of nitrogens with zero attached hydrogens (tertiary/aromatic N) is 2. The van der Waals surface area contributed by atoms with Crippen molar-refractivity contribution in [2.75, 3.05) is 0 Å². The first-order valence-electron chi connectivity index (χ1n) is 8.52. The van der Waals surface area contributed by atoms with Gasteiger partial charge >= 0.3 is 0 Å². The number of aromatic nitrogens is 2. The molecule has 126 valence electrons. The van der Waals surface area contributed by atoms with Crippen LogP contribution in [0.3, 0.4) is 0 Å². The minimum Gasteiger partial charge on any atom is -0.337 e. The molecular weight excluding hydrogens is 327 g/mol. The van der Waals surface area contributed by atoms with Gasteiger partial charge in [-0.3, -0.25) is 0 Å². The van der Waals surface area contributed by atoms with Gasteiger partial charge in [-0.2, -0.15) is 0 Å². The van der Waals surface area contributed by atoms with E-state index in [-0.39, 0.29) is 5.41 Å². The van der Waals surface area contributed by atoms with E-state index in [9.17, 15) is 0 Å². The van der Waals surface area contributed by atoms with Gasteiger partial charge in [0, 0.05) is 34.4 Å². The predicted molar refractivity (Wildman–Crippen MR) is 99.4 cm³/mol. The molecule has 1 heterocycles. The van der Waals surface area contributed by atoms with Crippen LogP contribution in [0.2, 0.25) is 10.0 Å². The number of imidazole rings is 1. The highest BCUT2D eigenvalue weighted by atomic mass is 35.5. The van der Waals surface area contributed by atoms with Gasteiger partial charge in [0.1, 0.15) is 0 Å². The van der Waals surface area contributed by atoms with E-state index in [4.69, 9.17) is 23.2 Å². The Labute approximate surface area is 149 Å². The Bertz CT molecular complexity index is 585. The lowest BCUT2D eigenvalue weighted by Gasteiger charge is -2.36. The molecule has 1 aromatic carbocycles. The number of halogens is 2. The molecule has 2 rings (SSSR count). The van der Waals surface area contributed by atoms with Gasteiger partial charge < -0.3 is 4.57 Å². The molecular formula is C19H26Cl2N2. The molecule has 0 spiro atoms. The summed E-state index contributed by atoms with van der Waals surface area (Å²) >= 11 is 12.7. The van der Waals surface area contributed by atoms with Crippen LogP contribution in [0.5, 0.6) is 0 Å². The highest BCUT2D eigenvalue weighted by Crippen LogP contribution is 2.41. The van der Waals surface area contributed by atoms with Crippen LogP contribution < -0.4 is 0 Å². The molecule has 0 bridgehead atoms. The first kappa shape index (κ1) is 18.4. The fraction of sp³-hybridized carbons (Fsp3) is 0.526. The summed E-state index contributed by atoms with van der Waals surface area (Å²) in [6.45, 7) is 5.39. The third-order valence-corrected chi connectivity index (χ3v) is 5.11. The van der Waals surface area contributed by atoms with E-state index >= 15 is 0 Å². The molecule has 0 N–H and O–H groups in total. The summed E-state index contributed by atoms with van der Waals surface area (Å²) in [5, 5.41) is 1.48. The lowest BCUT2D eigenvalue weighted by molar-refractivity contribution is 0.295. The van der Waals surface area contributed by atoms with Crippen LogP contribution in [0.15, 0.2) is 36.9 Å². The molecule has 0 aliphatic heterocycles. The summed E-state index contributed by atoms with van der Waals surface area (Å²) in [6.07, 6.45) is 12.8. The van der Waals surface area contributed by atoms with Crippen LogP contribution in [0.25, 0.3) is 0 Å². The van der Waals surface area contributed by atoms with Crippen LogP contribution >= 0.6 is 23.2 Å². The maximum atomic E-state index is 6.60. The largest absolute Gasteiger partial charge is 0.337 e. The SMILES string of the molecule is CCCCC(CCCC)(Cn1ccnc1)c1ccc(Cl)cc1Cl. The van der Waals surface area contributed by atoms with E-state index < -0.39 is 0 Å². The Morgan fingerprint density at radius 2 is 1.78 bits per heavy atom. The second-order valence-corrected chi connectivity index (χ2v) is 7.19. The van der Waals surface area contributed by atoms with Crippen molar-refractivity contribution >= 4 is 23.2 Å². The van der Waals surface area contributed by atoms with E-state index in [1.54, 1.807) is 0 Å². The lowest BCUT2D eigenvalue weighted by atomic mass is 9.72. The van der Waals surface area contributed by atoms with E-state index in [1.807, 2.05) is 30.9 Å². The summed E-state index contributed by atoms with van der Waals surface area (Å²) in [5.41, 5.74) is 1.26. The zero-order chi connectivity index (χ0) is 16.7. The molecule has 0 saturated heterocycles. The van der Waals surface area contributed by atoms with Crippen LogP contribution in [0.1, 0.15) is 57.9 Å². The average molecular weight is 353 g/mol. The third-order valence-electron chi connectivity index (χ3n) is 4.56. The van der Waals surface area contributed by atoms with Crippen molar-refractivity contribution in [2.24, 2.45) is 0 Å². The van der Waals surface area contributed by atoms with Gasteiger partial charge in [-0.25, -0.2) is 4.98 Å². The maximum Gasteiger partial charge on any atom is 0.0946 e. The second-order valence-electron chi connectivity index (χ2n) is 6.35. The Morgan fingerprint density at radius 1 is 1.09 bits per heavy atom. The molecule has 0 aliphatic rings. The van der Waals surface area contributed by atoms with Crippen molar-refractivity contribution in [3.8, 4) is 0 Å². The van der Waals surface area contributed by atoms with Gasteiger partial charge in [-0.05, 0) is 30.5 Å². The van der Waals surface area contributed by atoms with Crippen LogP contribution in [0, 0.1) is 0 Å². The summed E-state index contributed by atoms with van der Waals surface area (Å²) in [5.74, 6) is 0. The number of hydrogen-bond donors (Lipinski definition) is 0. The molecule has 1 aromatic heterocycles. The third kappa shape index (κ3) is 4.74. The topological polar surface area (TPSA) is 17.8 Å². The Balaban J connectivity index is 2.44. The van der Waals surface area contributed by atoms with Gasteiger partial charge in [0.15, 0.2) is 0 Å². The molecule has 0 fully saturated rings. The number of rotatable bonds is 9. The van der Waals surface area contributed by atoms with Gasteiger partial charge in [0.05, 0.1) is 6.33 Å². The molecule has 0 amide bonds. The van der Waals surface area contributed by atoms with Crippen molar-refractivity contribution in [2.45, 2.75) is 64.3 Å². The molecule has 0 atom stereocenters. The van der Waals surface area contributed by atoms with E-state index in [0.29, 0.717) is 5.02 Å². The van der Waals surface area contributed by atoms with Crippen molar-refractivity contribution in [1.29, 1.82) is 0 Å². The molecule has 2 nitrogen and oxygen atoms in total. The van der Waals surface area contributed by atoms with Crippen molar-refractivity contribution in [1.82, 2.24) is 9.55 Å². The normalized spacial score (nSPS) is 11.8. The van der Waals surface area contributed by atoms with E-state index in [0.717, 1.165) is 24.4 Å². The van der Waals surface area contributed by atoms with Crippen LogP contribution in [-0.4, -0.2) is 9.55 Å². The summed E-state index contributed by atoms with van der Waals surface area (Å²) in [7, 11) is 0. The smallest absolute Gasteiger partial charge is 0.0946 e. The summed E-state index contributed by atoms with van der Waals surface area (Å²) in [4.78, 5) is 4.21. The lowest BCUT2D eigenvalue weighted by Crippen LogP contribution is -2.32. The molecule has 0 radical (unpaired) electrons. The highest BCUT2D eigenvalue weighted by Gasteiger charge is 2.33. The monoisotopic (exact) mass is 352 g/mol. The second kappa shape index (κ2) is 8.75. The Hall–Kier alpha value is -0.990. The molecule has 23 heavy (non-hydrogen) atoms. The Morgan fingerprint density at radius 3 is 2.30 bits per heavy atom. The minimum absolute atomic E-state index is 0.0361. The standard InChI is InChI=1S/C19H26Cl2N2/c1-3-5-9-19(10-6-4-2,14-23-12-11-22-15-23)17-8-7-16(20)13-18(17)21/h7-8,11-13,15H,3-6,9-10,14H2,1-2H3.